The largest absolute Gasteiger partial charge is 0.463 e. The highest BCUT2D eigenvalue weighted by Crippen LogP contribution is 2.06. The van der Waals surface area contributed by atoms with Crippen molar-refractivity contribution in [3.05, 3.63) is 51.1 Å². The van der Waals surface area contributed by atoms with Crippen LogP contribution in [-0.4, -0.2) is 22.3 Å². The summed E-state index contributed by atoms with van der Waals surface area (Å²) in [6.07, 6.45) is 3.05. The number of H-pyrrole nitrogens is 1. The van der Waals surface area contributed by atoms with Gasteiger partial charge in [0.1, 0.15) is 11.6 Å². The molecule has 0 aliphatic rings. The molecule has 2 rings (SSSR count). The lowest BCUT2D eigenvalue weighted by Gasteiger charge is -2.15. The van der Waals surface area contributed by atoms with Crippen molar-refractivity contribution >= 4 is 12.0 Å². The zero-order chi connectivity index (χ0) is 13.8. The molecule has 0 unspecified atom stereocenters. The average molecular weight is 262 g/mol. The maximum Gasteiger partial charge on any atom is 0.329 e. The standard InChI is InChI=1S/C12H14N4O3/c1-3-16(13-8-9-5-4-6-19-9)10-7-11(17)15(2)12(18)14-10/h4-8H,3H2,1-2H3,(H,14,18). The first-order valence-corrected chi connectivity index (χ1v) is 5.77. The van der Waals surface area contributed by atoms with Gasteiger partial charge in [0.25, 0.3) is 5.56 Å². The van der Waals surface area contributed by atoms with Gasteiger partial charge in [0.15, 0.2) is 0 Å². The van der Waals surface area contributed by atoms with Crippen molar-refractivity contribution < 1.29 is 4.42 Å². The van der Waals surface area contributed by atoms with E-state index in [4.69, 9.17) is 4.42 Å². The minimum atomic E-state index is -0.478. The number of aromatic nitrogens is 2. The Hall–Kier alpha value is -2.57. The lowest BCUT2D eigenvalue weighted by atomic mass is 10.5. The van der Waals surface area contributed by atoms with Gasteiger partial charge < -0.3 is 4.42 Å². The fraction of sp³-hybridized carbons (Fsp3) is 0.250. The predicted octanol–water partition coefficient (Wildman–Crippen LogP) is 0.527. The van der Waals surface area contributed by atoms with Gasteiger partial charge in [0.05, 0.1) is 12.5 Å². The monoisotopic (exact) mass is 262 g/mol. The molecular formula is C12H14N4O3. The first-order valence-electron chi connectivity index (χ1n) is 5.77. The number of nitrogens with one attached hydrogen (secondary N) is 1. The summed E-state index contributed by atoms with van der Waals surface area (Å²) in [5, 5.41) is 5.67. The van der Waals surface area contributed by atoms with Crippen LogP contribution in [-0.2, 0) is 7.05 Å². The molecule has 0 radical (unpaired) electrons. The molecule has 2 aromatic heterocycles. The van der Waals surface area contributed by atoms with Crippen LogP contribution in [0.2, 0.25) is 0 Å². The zero-order valence-corrected chi connectivity index (χ0v) is 10.7. The van der Waals surface area contributed by atoms with Gasteiger partial charge in [-0.05, 0) is 19.1 Å². The molecule has 0 aliphatic carbocycles. The first-order chi connectivity index (χ1) is 9.11. The highest BCUT2D eigenvalue weighted by atomic mass is 16.3. The molecule has 0 saturated carbocycles. The summed E-state index contributed by atoms with van der Waals surface area (Å²) in [7, 11) is 1.41. The topological polar surface area (TPSA) is 83.6 Å². The van der Waals surface area contributed by atoms with Crippen LogP contribution in [0.25, 0.3) is 0 Å². The summed E-state index contributed by atoms with van der Waals surface area (Å²) in [5.41, 5.74) is -0.862. The number of hydrogen-bond donors (Lipinski definition) is 1. The highest BCUT2D eigenvalue weighted by Gasteiger charge is 2.06. The second-order valence-corrected chi connectivity index (χ2v) is 3.83. The van der Waals surface area contributed by atoms with Gasteiger partial charge in [-0.1, -0.05) is 0 Å². The van der Waals surface area contributed by atoms with E-state index in [0.717, 1.165) is 4.57 Å². The summed E-state index contributed by atoms with van der Waals surface area (Å²) in [4.78, 5) is 25.7. The number of rotatable bonds is 4. The number of furan rings is 1. The minimum absolute atomic E-state index is 0.346. The van der Waals surface area contributed by atoms with Gasteiger partial charge >= 0.3 is 5.69 Å². The Kier molecular flexibility index (Phi) is 3.65. The van der Waals surface area contributed by atoms with E-state index in [0.29, 0.717) is 18.1 Å². The molecule has 0 amide bonds. The molecule has 0 fully saturated rings. The average Bonchev–Trinajstić information content (AvgIpc) is 2.89. The van der Waals surface area contributed by atoms with Crippen LogP contribution in [0.4, 0.5) is 5.82 Å². The van der Waals surface area contributed by atoms with Crippen molar-refractivity contribution in [3.63, 3.8) is 0 Å². The van der Waals surface area contributed by atoms with Gasteiger partial charge in [0.2, 0.25) is 0 Å². The van der Waals surface area contributed by atoms with Gasteiger partial charge in [-0.15, -0.1) is 0 Å². The molecule has 0 aromatic carbocycles. The van der Waals surface area contributed by atoms with E-state index in [2.05, 4.69) is 10.1 Å². The minimum Gasteiger partial charge on any atom is -0.463 e. The van der Waals surface area contributed by atoms with Gasteiger partial charge in [-0.2, -0.15) is 5.10 Å². The van der Waals surface area contributed by atoms with E-state index in [-0.39, 0.29) is 5.56 Å². The normalized spacial score (nSPS) is 11.1. The molecule has 100 valence electrons. The van der Waals surface area contributed by atoms with Crippen molar-refractivity contribution in [2.24, 2.45) is 12.1 Å². The summed E-state index contributed by atoms with van der Waals surface area (Å²) >= 11 is 0. The number of anilines is 1. The number of nitrogens with zero attached hydrogens (tertiary/aromatic N) is 3. The molecule has 7 nitrogen and oxygen atoms in total. The third-order valence-corrected chi connectivity index (χ3v) is 2.58. The highest BCUT2D eigenvalue weighted by molar-refractivity contribution is 5.76. The maximum absolute atomic E-state index is 11.6. The Morgan fingerprint density at radius 2 is 2.32 bits per heavy atom. The lowest BCUT2D eigenvalue weighted by Crippen LogP contribution is -2.34. The van der Waals surface area contributed by atoms with E-state index in [1.165, 1.54) is 30.6 Å². The van der Waals surface area contributed by atoms with Crippen LogP contribution in [0.3, 0.4) is 0 Å². The van der Waals surface area contributed by atoms with Gasteiger partial charge in [-0.3, -0.25) is 14.3 Å². The van der Waals surface area contributed by atoms with Crippen LogP contribution >= 0.6 is 0 Å². The molecule has 0 aliphatic heterocycles. The summed E-state index contributed by atoms with van der Waals surface area (Å²) < 4.78 is 6.11. The number of hydrazone groups is 1. The molecule has 19 heavy (non-hydrogen) atoms. The smallest absolute Gasteiger partial charge is 0.329 e. The molecule has 0 spiro atoms. The summed E-state index contributed by atoms with van der Waals surface area (Å²) in [6.45, 7) is 2.36. The fourth-order valence-corrected chi connectivity index (χ4v) is 1.49. The number of aromatic amines is 1. The number of hydrogen-bond acceptors (Lipinski definition) is 5. The van der Waals surface area contributed by atoms with Crippen LogP contribution in [0.1, 0.15) is 12.7 Å². The van der Waals surface area contributed by atoms with Crippen LogP contribution < -0.4 is 16.3 Å². The second kappa shape index (κ2) is 5.38. The SMILES string of the molecule is CCN(N=Cc1ccco1)c1cc(=O)n(C)c(=O)[nH]1. The van der Waals surface area contributed by atoms with E-state index < -0.39 is 5.69 Å². The molecule has 2 heterocycles. The molecule has 0 atom stereocenters. The van der Waals surface area contributed by atoms with E-state index in [9.17, 15) is 9.59 Å². The van der Waals surface area contributed by atoms with E-state index >= 15 is 0 Å². The van der Waals surface area contributed by atoms with E-state index in [1.54, 1.807) is 12.1 Å². The van der Waals surface area contributed by atoms with Crippen LogP contribution in [0, 0.1) is 0 Å². The van der Waals surface area contributed by atoms with Crippen molar-refractivity contribution in [2.45, 2.75) is 6.92 Å². The van der Waals surface area contributed by atoms with Crippen molar-refractivity contribution in [1.29, 1.82) is 0 Å². The van der Waals surface area contributed by atoms with Crippen LogP contribution in [0.15, 0.2) is 43.6 Å². The Labute approximate surface area is 108 Å². The summed E-state index contributed by atoms with van der Waals surface area (Å²) in [5.74, 6) is 0.933. The molecule has 2 aromatic rings. The van der Waals surface area contributed by atoms with Crippen molar-refractivity contribution in [2.75, 3.05) is 11.6 Å². The third kappa shape index (κ3) is 2.82. The van der Waals surface area contributed by atoms with Crippen molar-refractivity contribution in [3.8, 4) is 0 Å². The maximum atomic E-state index is 11.6. The van der Waals surface area contributed by atoms with Gasteiger partial charge in [0, 0.05) is 19.7 Å². The molecule has 0 bridgehead atoms. The quantitative estimate of drug-likeness (QED) is 0.643. The van der Waals surface area contributed by atoms with Crippen molar-refractivity contribution in [1.82, 2.24) is 9.55 Å². The predicted molar refractivity (Wildman–Crippen MR) is 71.6 cm³/mol. The first kappa shape index (κ1) is 12.9. The molecule has 1 N–H and O–H groups in total. The fourth-order valence-electron chi connectivity index (χ4n) is 1.49. The molecular weight excluding hydrogens is 248 g/mol. The second-order valence-electron chi connectivity index (χ2n) is 3.83. The Balaban J connectivity index is 2.32. The molecule has 0 saturated heterocycles. The van der Waals surface area contributed by atoms with Crippen LogP contribution in [0.5, 0.6) is 0 Å². The van der Waals surface area contributed by atoms with Gasteiger partial charge in [-0.25, -0.2) is 9.80 Å². The Morgan fingerprint density at radius 1 is 1.53 bits per heavy atom. The Bertz CT molecular complexity index is 650. The lowest BCUT2D eigenvalue weighted by molar-refractivity contribution is 0.559. The third-order valence-electron chi connectivity index (χ3n) is 2.58. The molecule has 7 heteroatoms. The summed E-state index contributed by atoms with van der Waals surface area (Å²) in [6, 6.07) is 4.83. The zero-order valence-electron chi connectivity index (χ0n) is 10.7. The van der Waals surface area contributed by atoms with E-state index in [1.807, 2.05) is 6.92 Å². The Morgan fingerprint density at radius 3 is 2.89 bits per heavy atom.